The summed E-state index contributed by atoms with van der Waals surface area (Å²) in [5.74, 6) is 1.60. The van der Waals surface area contributed by atoms with E-state index in [9.17, 15) is 13.2 Å². The van der Waals surface area contributed by atoms with E-state index in [0.717, 1.165) is 70.4 Å². The quantitative estimate of drug-likeness (QED) is 0.124. The Morgan fingerprint density at radius 2 is 1.86 bits per heavy atom. The van der Waals surface area contributed by atoms with E-state index in [1.807, 2.05) is 6.07 Å². The lowest BCUT2D eigenvalue weighted by atomic mass is 9.87. The molecule has 0 aliphatic carbocycles. The fourth-order valence-corrected chi connectivity index (χ4v) is 9.89. The summed E-state index contributed by atoms with van der Waals surface area (Å²) in [6.45, 7) is 6.75. The van der Waals surface area contributed by atoms with Gasteiger partial charge in [0.05, 0.1) is 22.2 Å². The van der Waals surface area contributed by atoms with Gasteiger partial charge in [0.2, 0.25) is 5.88 Å². The van der Waals surface area contributed by atoms with Crippen LogP contribution in [0, 0.1) is 24.0 Å². The van der Waals surface area contributed by atoms with Gasteiger partial charge in [-0.1, -0.05) is 44.0 Å². The monoisotopic (exact) mass is 798 g/mol. The number of nitrogens with zero attached hydrogens (tertiary/aromatic N) is 7. The molecule has 302 valence electrons. The maximum absolute atomic E-state index is 17.5. The highest BCUT2D eigenvalue weighted by atomic mass is 19.4. The molecular weight excluding hydrogens is 756 g/mol. The number of aromatic nitrogens is 5. The predicted octanol–water partition coefficient (Wildman–Crippen LogP) is 7.82. The molecule has 0 spiro atoms. The van der Waals surface area contributed by atoms with Crippen molar-refractivity contribution in [3.63, 3.8) is 0 Å². The fraction of sp³-hybridized carbons (Fsp3) is 0.465. The largest absolute Gasteiger partial charge is 0.476 e. The maximum atomic E-state index is 17.5. The molecule has 3 aromatic heterocycles. The number of piperazine rings is 1. The highest BCUT2D eigenvalue weighted by Crippen LogP contribution is 2.46. The summed E-state index contributed by atoms with van der Waals surface area (Å²) < 4.78 is 84.9. The van der Waals surface area contributed by atoms with Crippen molar-refractivity contribution in [2.45, 2.75) is 94.6 Å². The van der Waals surface area contributed by atoms with Crippen LogP contribution < -0.4 is 19.7 Å². The Balaban J connectivity index is 1.11. The van der Waals surface area contributed by atoms with Gasteiger partial charge in [0.15, 0.2) is 11.5 Å². The van der Waals surface area contributed by atoms with E-state index in [1.54, 1.807) is 18.2 Å². The summed E-state index contributed by atoms with van der Waals surface area (Å²) >= 11 is 0. The van der Waals surface area contributed by atoms with Crippen LogP contribution in [0.1, 0.15) is 81.7 Å². The molecule has 2 aromatic carbocycles. The second-order valence-electron chi connectivity index (χ2n) is 15.9. The van der Waals surface area contributed by atoms with Gasteiger partial charge >= 0.3 is 12.2 Å². The molecule has 15 heteroatoms. The van der Waals surface area contributed by atoms with Gasteiger partial charge in [0.1, 0.15) is 42.4 Å². The minimum atomic E-state index is -4.61. The zero-order chi connectivity index (χ0) is 40.3. The maximum Gasteiger partial charge on any atom is 0.433 e. The van der Waals surface area contributed by atoms with Crippen molar-refractivity contribution in [1.29, 1.82) is 0 Å². The molecule has 58 heavy (non-hydrogen) atoms. The van der Waals surface area contributed by atoms with Gasteiger partial charge in [0.25, 0.3) is 0 Å². The third-order valence-electron chi connectivity index (χ3n) is 12.7. The Morgan fingerprint density at radius 1 is 1.00 bits per heavy atom. The summed E-state index contributed by atoms with van der Waals surface area (Å²) in [4.78, 5) is 26.8. The molecule has 3 fully saturated rings. The average molecular weight is 799 g/mol. The van der Waals surface area contributed by atoms with Crippen molar-refractivity contribution in [3.05, 3.63) is 71.3 Å². The molecule has 10 nitrogen and oxygen atoms in total. The number of alkyl halides is 3. The number of hydrogen-bond acceptors (Lipinski definition) is 10. The molecule has 4 aliphatic rings. The van der Waals surface area contributed by atoms with Crippen LogP contribution in [0.2, 0.25) is 0 Å². The number of fused-ring (bicyclic) bond motifs is 4. The average Bonchev–Trinajstić information content (AvgIpc) is 3.80. The van der Waals surface area contributed by atoms with Crippen molar-refractivity contribution in [2.75, 3.05) is 37.7 Å². The van der Waals surface area contributed by atoms with Crippen LogP contribution >= 0.6 is 0 Å². The smallest absolute Gasteiger partial charge is 0.433 e. The fourth-order valence-electron chi connectivity index (χ4n) is 9.89. The first kappa shape index (κ1) is 38.3. The number of nitrogens with one attached hydrogen (secondary N) is 1. The molecule has 4 aliphatic heterocycles. The minimum Gasteiger partial charge on any atom is -0.476 e. The van der Waals surface area contributed by atoms with Gasteiger partial charge in [-0.15, -0.1) is 6.42 Å². The summed E-state index contributed by atoms with van der Waals surface area (Å²) in [6.07, 6.45) is 7.86. The van der Waals surface area contributed by atoms with E-state index in [-0.39, 0.29) is 65.9 Å². The van der Waals surface area contributed by atoms with Gasteiger partial charge in [0, 0.05) is 48.2 Å². The van der Waals surface area contributed by atoms with Gasteiger partial charge in [-0.05, 0) is 68.9 Å². The molecule has 0 bridgehead atoms. The second kappa shape index (κ2) is 14.9. The Morgan fingerprint density at radius 3 is 2.67 bits per heavy atom. The van der Waals surface area contributed by atoms with Crippen LogP contribution in [0.4, 0.5) is 27.8 Å². The first-order valence-corrected chi connectivity index (χ1v) is 20.0. The molecule has 0 saturated carbocycles. The SMILES string of the molecule is C#Cc1c(F)ccc2cccc(-c3nc4c5c(nc(OC[C@@]67CCCN6[C@H](COc6cc(C(F)(F)F)ncn6)CC7)nc5c3F)N3CCN[C@@H](CC)[C@H]3CC[C@H]4C)c12. The standard InChI is InChI=1S/C43H43F5N8O2/c1-4-27-29(44)12-11-25-8-6-9-28(34(25)27)38-36(45)39-35-37(52-38)24(3)10-13-31-30(5-2)49-17-19-55(31)40(35)54-41(53-39)58-22-42-15-7-18-56(42)26(14-16-42)21-57-33-20-32(43(46,47)48)50-23-51-33/h1,6,8-9,11-12,20,23-24,26,30-31,49H,5,7,10,13-19,21-22H2,2-3H3/t24-,26+,30+,31-,42+/m1/s1. The number of pyridine rings is 1. The molecule has 1 N–H and O–H groups in total. The predicted molar refractivity (Wildman–Crippen MR) is 209 cm³/mol. The van der Waals surface area contributed by atoms with Crippen LogP contribution in [0.25, 0.3) is 32.9 Å². The van der Waals surface area contributed by atoms with Crippen molar-refractivity contribution < 1.29 is 31.4 Å². The molecule has 9 rings (SSSR count). The summed E-state index contributed by atoms with van der Waals surface area (Å²) in [5, 5.41) is 5.28. The summed E-state index contributed by atoms with van der Waals surface area (Å²) in [6, 6.07) is 9.32. The highest BCUT2D eigenvalue weighted by molar-refractivity contribution is 6.03. The third kappa shape index (κ3) is 6.54. The summed E-state index contributed by atoms with van der Waals surface area (Å²) in [7, 11) is 0. The Labute approximate surface area is 332 Å². The minimum absolute atomic E-state index is 0.0340. The lowest BCUT2D eigenvalue weighted by molar-refractivity contribution is -0.141. The number of ether oxygens (including phenoxy) is 2. The lowest BCUT2D eigenvalue weighted by Gasteiger charge is -2.44. The van der Waals surface area contributed by atoms with E-state index in [0.29, 0.717) is 39.8 Å². The van der Waals surface area contributed by atoms with Crippen molar-refractivity contribution in [3.8, 4) is 35.5 Å². The van der Waals surface area contributed by atoms with Gasteiger partial charge < -0.3 is 19.7 Å². The molecule has 0 amide bonds. The van der Waals surface area contributed by atoms with Crippen molar-refractivity contribution in [1.82, 2.24) is 35.1 Å². The van der Waals surface area contributed by atoms with E-state index in [4.69, 9.17) is 30.8 Å². The van der Waals surface area contributed by atoms with E-state index >= 15 is 8.78 Å². The van der Waals surface area contributed by atoms with Crippen LogP contribution in [0.5, 0.6) is 11.9 Å². The number of terminal acetylenes is 1. The Bertz CT molecular complexity index is 2440. The van der Waals surface area contributed by atoms with E-state index in [2.05, 4.69) is 44.9 Å². The second-order valence-corrected chi connectivity index (χ2v) is 15.9. The first-order valence-electron chi connectivity index (χ1n) is 20.0. The van der Waals surface area contributed by atoms with E-state index in [1.165, 1.54) is 6.07 Å². The van der Waals surface area contributed by atoms with Crippen molar-refractivity contribution >= 4 is 27.5 Å². The normalized spacial score (nSPS) is 24.6. The van der Waals surface area contributed by atoms with E-state index < -0.39 is 29.0 Å². The zero-order valence-corrected chi connectivity index (χ0v) is 32.3. The van der Waals surface area contributed by atoms with Gasteiger partial charge in [-0.3, -0.25) is 4.90 Å². The van der Waals surface area contributed by atoms with Crippen LogP contribution in [-0.4, -0.2) is 86.3 Å². The molecular formula is C43H43F5N8O2. The molecule has 7 heterocycles. The van der Waals surface area contributed by atoms with Gasteiger partial charge in [-0.25, -0.2) is 23.7 Å². The molecule has 3 saturated heterocycles. The molecule has 5 aromatic rings. The Kier molecular flexibility index (Phi) is 9.83. The molecule has 5 atom stereocenters. The third-order valence-corrected chi connectivity index (χ3v) is 12.7. The van der Waals surface area contributed by atoms with Gasteiger partial charge in [-0.2, -0.15) is 23.1 Å². The van der Waals surface area contributed by atoms with Crippen LogP contribution in [-0.2, 0) is 6.18 Å². The lowest BCUT2D eigenvalue weighted by Crippen LogP contribution is -2.58. The number of anilines is 1. The Hall–Kier alpha value is -5.20. The number of halogens is 5. The molecule has 0 unspecified atom stereocenters. The zero-order valence-electron chi connectivity index (χ0n) is 32.3. The molecule has 0 radical (unpaired) electrons. The van der Waals surface area contributed by atoms with Crippen LogP contribution in [0.3, 0.4) is 0 Å². The number of rotatable bonds is 8. The van der Waals surface area contributed by atoms with Crippen LogP contribution in [0.15, 0.2) is 42.7 Å². The number of benzene rings is 2. The number of hydrogen-bond donors (Lipinski definition) is 1. The summed E-state index contributed by atoms with van der Waals surface area (Å²) in [5.41, 5.74) is -0.265. The highest BCUT2D eigenvalue weighted by Gasteiger charge is 2.50. The van der Waals surface area contributed by atoms with Crippen molar-refractivity contribution in [2.24, 2.45) is 0 Å². The first-order chi connectivity index (χ1) is 28.0. The topological polar surface area (TPSA) is 101 Å².